The van der Waals surface area contributed by atoms with Crippen molar-refractivity contribution < 1.29 is 4.74 Å². The summed E-state index contributed by atoms with van der Waals surface area (Å²) in [6, 6.07) is 8.54. The van der Waals surface area contributed by atoms with Crippen LogP contribution in [0.5, 0.6) is 5.75 Å². The Morgan fingerprint density at radius 1 is 1.43 bits per heavy atom. The van der Waals surface area contributed by atoms with E-state index < -0.39 is 0 Å². The third-order valence-corrected chi connectivity index (χ3v) is 4.46. The van der Waals surface area contributed by atoms with Crippen molar-refractivity contribution in [2.24, 2.45) is 0 Å². The second-order valence-electron chi connectivity index (χ2n) is 5.50. The topological polar surface area (TPSA) is 47.0 Å². The van der Waals surface area contributed by atoms with Crippen LogP contribution >= 0.6 is 11.5 Å². The number of rotatable bonds is 7. The van der Waals surface area contributed by atoms with E-state index in [-0.39, 0.29) is 6.04 Å². The number of nitrogens with one attached hydrogen (secondary N) is 1. The zero-order valence-corrected chi connectivity index (χ0v) is 13.3. The van der Waals surface area contributed by atoms with E-state index in [2.05, 4.69) is 40.0 Å². The van der Waals surface area contributed by atoms with Crippen LogP contribution < -0.4 is 10.1 Å². The maximum Gasteiger partial charge on any atom is 0.120 e. The van der Waals surface area contributed by atoms with Gasteiger partial charge in [0.1, 0.15) is 5.75 Å². The number of hydrogen-bond acceptors (Lipinski definition) is 5. The van der Waals surface area contributed by atoms with Crippen LogP contribution in [0.2, 0.25) is 0 Å². The quantitative estimate of drug-likeness (QED) is 0.850. The Morgan fingerprint density at radius 3 is 2.95 bits per heavy atom. The van der Waals surface area contributed by atoms with Gasteiger partial charge in [0.2, 0.25) is 0 Å². The van der Waals surface area contributed by atoms with Gasteiger partial charge in [-0.2, -0.15) is 0 Å². The number of aromatic nitrogens is 2. The fourth-order valence-corrected chi connectivity index (χ4v) is 3.05. The molecule has 1 heterocycles. The number of benzene rings is 1. The lowest BCUT2D eigenvalue weighted by Gasteiger charge is -2.18. The van der Waals surface area contributed by atoms with Gasteiger partial charge in [0.15, 0.2) is 0 Å². The molecule has 1 aromatic heterocycles. The van der Waals surface area contributed by atoms with E-state index in [1.165, 1.54) is 34.8 Å². The molecule has 1 aliphatic rings. The van der Waals surface area contributed by atoms with Gasteiger partial charge in [-0.3, -0.25) is 0 Å². The van der Waals surface area contributed by atoms with Gasteiger partial charge < -0.3 is 10.1 Å². The molecule has 0 amide bonds. The minimum atomic E-state index is 0.146. The standard InChI is InChI=1S/C16H21N3OS/c1-3-9-17-15(16-11(2)18-19-21-16)12-5-4-6-14(10-12)20-13-7-8-13/h4-6,10,13,15,17H,3,7-9H2,1-2H3. The highest BCUT2D eigenvalue weighted by Gasteiger charge is 2.24. The molecule has 21 heavy (non-hydrogen) atoms. The summed E-state index contributed by atoms with van der Waals surface area (Å²) in [7, 11) is 0. The molecular formula is C16H21N3OS. The third-order valence-electron chi connectivity index (χ3n) is 3.57. The molecule has 4 nitrogen and oxygen atoms in total. The SMILES string of the molecule is CCCNC(c1cccc(OC2CC2)c1)c1snnc1C. The van der Waals surface area contributed by atoms with Gasteiger partial charge in [0, 0.05) is 0 Å². The summed E-state index contributed by atoms with van der Waals surface area (Å²) in [4.78, 5) is 1.19. The van der Waals surface area contributed by atoms with E-state index >= 15 is 0 Å². The molecule has 1 aromatic carbocycles. The average molecular weight is 303 g/mol. The highest BCUT2D eigenvalue weighted by atomic mass is 32.1. The lowest BCUT2D eigenvalue weighted by Crippen LogP contribution is -2.23. The molecule has 1 N–H and O–H groups in total. The van der Waals surface area contributed by atoms with Crippen LogP contribution in [-0.4, -0.2) is 22.2 Å². The van der Waals surface area contributed by atoms with Crippen LogP contribution in [0.3, 0.4) is 0 Å². The predicted octanol–water partition coefficient (Wildman–Crippen LogP) is 3.48. The summed E-state index contributed by atoms with van der Waals surface area (Å²) in [5, 5.41) is 7.75. The van der Waals surface area contributed by atoms with E-state index in [0.717, 1.165) is 24.4 Å². The van der Waals surface area contributed by atoms with E-state index in [1.54, 1.807) is 0 Å². The van der Waals surface area contributed by atoms with Crippen molar-refractivity contribution in [1.82, 2.24) is 14.9 Å². The molecule has 0 saturated heterocycles. The molecule has 1 fully saturated rings. The number of hydrogen-bond donors (Lipinski definition) is 1. The van der Waals surface area contributed by atoms with Crippen molar-refractivity contribution in [3.8, 4) is 5.75 Å². The first-order chi connectivity index (χ1) is 10.3. The van der Waals surface area contributed by atoms with Crippen LogP contribution in [0.15, 0.2) is 24.3 Å². The summed E-state index contributed by atoms with van der Waals surface area (Å²) in [5.41, 5.74) is 2.22. The molecule has 0 bridgehead atoms. The fraction of sp³-hybridized carbons (Fsp3) is 0.500. The molecule has 1 saturated carbocycles. The van der Waals surface area contributed by atoms with Crippen molar-refractivity contribution in [3.05, 3.63) is 40.4 Å². The molecule has 1 atom stereocenters. The molecule has 5 heteroatoms. The van der Waals surface area contributed by atoms with Crippen molar-refractivity contribution in [1.29, 1.82) is 0 Å². The van der Waals surface area contributed by atoms with Crippen molar-refractivity contribution >= 4 is 11.5 Å². The van der Waals surface area contributed by atoms with Crippen LogP contribution in [0, 0.1) is 6.92 Å². The second kappa shape index (κ2) is 6.54. The first-order valence-corrected chi connectivity index (χ1v) is 8.34. The van der Waals surface area contributed by atoms with Gasteiger partial charge >= 0.3 is 0 Å². The maximum atomic E-state index is 5.91. The van der Waals surface area contributed by atoms with Gasteiger partial charge in [-0.25, -0.2) is 0 Å². The minimum absolute atomic E-state index is 0.146. The van der Waals surface area contributed by atoms with Crippen LogP contribution in [0.25, 0.3) is 0 Å². The molecule has 3 rings (SSSR count). The van der Waals surface area contributed by atoms with Gasteiger partial charge in [0.05, 0.1) is 22.7 Å². The lowest BCUT2D eigenvalue weighted by atomic mass is 10.0. The Balaban J connectivity index is 1.86. The van der Waals surface area contributed by atoms with Gasteiger partial charge in [-0.15, -0.1) is 5.10 Å². The van der Waals surface area contributed by atoms with Gasteiger partial charge in [-0.1, -0.05) is 23.5 Å². The molecule has 0 spiro atoms. The highest BCUT2D eigenvalue weighted by Crippen LogP contribution is 2.31. The Hall–Kier alpha value is -1.46. The maximum absolute atomic E-state index is 5.91. The van der Waals surface area contributed by atoms with Crippen LogP contribution in [-0.2, 0) is 0 Å². The zero-order chi connectivity index (χ0) is 14.7. The van der Waals surface area contributed by atoms with Crippen LogP contribution in [0.1, 0.15) is 48.4 Å². The normalized spacial score (nSPS) is 15.9. The van der Waals surface area contributed by atoms with E-state index in [0.29, 0.717) is 6.10 Å². The number of ether oxygens (including phenoxy) is 1. The number of nitrogens with zero attached hydrogens (tertiary/aromatic N) is 2. The van der Waals surface area contributed by atoms with E-state index in [4.69, 9.17) is 4.74 Å². The molecular weight excluding hydrogens is 282 g/mol. The van der Waals surface area contributed by atoms with E-state index in [1.807, 2.05) is 13.0 Å². The Kier molecular flexibility index (Phi) is 4.51. The predicted molar refractivity (Wildman–Crippen MR) is 84.9 cm³/mol. The molecule has 1 unspecified atom stereocenters. The smallest absolute Gasteiger partial charge is 0.120 e. The number of aryl methyl sites for hydroxylation is 1. The molecule has 1 aliphatic carbocycles. The molecule has 112 valence electrons. The summed E-state index contributed by atoms with van der Waals surface area (Å²) in [6.45, 7) is 5.16. The first-order valence-electron chi connectivity index (χ1n) is 7.56. The monoisotopic (exact) mass is 303 g/mol. The zero-order valence-electron chi connectivity index (χ0n) is 12.5. The fourth-order valence-electron chi connectivity index (χ4n) is 2.30. The Bertz CT molecular complexity index is 595. The Labute approximate surface area is 129 Å². The summed E-state index contributed by atoms with van der Waals surface area (Å²) >= 11 is 1.47. The van der Waals surface area contributed by atoms with E-state index in [9.17, 15) is 0 Å². The van der Waals surface area contributed by atoms with Gasteiger partial charge in [0.25, 0.3) is 0 Å². The minimum Gasteiger partial charge on any atom is -0.490 e. The molecule has 0 aliphatic heterocycles. The van der Waals surface area contributed by atoms with Crippen molar-refractivity contribution in [3.63, 3.8) is 0 Å². The first kappa shape index (κ1) is 14.5. The summed E-state index contributed by atoms with van der Waals surface area (Å²) in [5.74, 6) is 0.966. The Morgan fingerprint density at radius 2 is 2.29 bits per heavy atom. The van der Waals surface area contributed by atoms with Crippen molar-refractivity contribution in [2.45, 2.75) is 45.3 Å². The van der Waals surface area contributed by atoms with Crippen molar-refractivity contribution in [2.75, 3.05) is 6.54 Å². The largest absolute Gasteiger partial charge is 0.490 e. The summed E-state index contributed by atoms with van der Waals surface area (Å²) < 4.78 is 9.99. The van der Waals surface area contributed by atoms with Gasteiger partial charge in [-0.05, 0) is 62.0 Å². The average Bonchev–Trinajstić information content (AvgIpc) is 3.20. The van der Waals surface area contributed by atoms with Crippen LogP contribution in [0.4, 0.5) is 0 Å². The second-order valence-corrected chi connectivity index (χ2v) is 6.29. The molecule has 0 radical (unpaired) electrons. The molecule has 2 aromatic rings. The lowest BCUT2D eigenvalue weighted by molar-refractivity contribution is 0.302. The third kappa shape index (κ3) is 3.60. The summed E-state index contributed by atoms with van der Waals surface area (Å²) in [6.07, 6.45) is 3.88. The highest BCUT2D eigenvalue weighted by molar-refractivity contribution is 7.05.